The molecule has 0 radical (unpaired) electrons. The Balaban J connectivity index is -0.00000196. The zero-order chi connectivity index (χ0) is 20.2. The molecule has 27 heavy (non-hydrogen) atoms. The van der Waals surface area contributed by atoms with Gasteiger partial charge in [0.1, 0.15) is 11.5 Å². The Bertz CT molecular complexity index is 824. The molecule has 154 valence electrons. The minimum atomic E-state index is -0.513. The molecule has 0 aliphatic rings. The van der Waals surface area contributed by atoms with Crippen molar-refractivity contribution in [2.24, 2.45) is 0 Å². The fraction of sp³-hybridized carbons (Fsp3) is 0.429. The molecule has 2 aromatic rings. The van der Waals surface area contributed by atoms with Gasteiger partial charge in [-0.15, -0.1) is 0 Å². The molecular formula is C21H34ClFN2O2. The fourth-order valence-electron chi connectivity index (χ4n) is 3.09. The summed E-state index contributed by atoms with van der Waals surface area (Å²) in [6, 6.07) is 6.50. The highest BCUT2D eigenvalue weighted by Gasteiger charge is 2.27. The normalized spacial score (nSPS) is 12.7. The number of halogens is 2. The molecule has 0 unspecified atom stereocenters. The van der Waals surface area contributed by atoms with Crippen LogP contribution in [0.2, 0.25) is 5.02 Å². The van der Waals surface area contributed by atoms with Crippen LogP contribution in [-0.4, -0.2) is 16.3 Å². The number of aryl methyl sites for hydroxylation is 1. The number of aromatic nitrogens is 1. The van der Waals surface area contributed by atoms with Crippen LogP contribution < -0.4 is 10.1 Å². The molecule has 0 saturated heterocycles. The van der Waals surface area contributed by atoms with Crippen LogP contribution in [-0.2, 0) is 4.79 Å². The SMILES string of the molecule is CC[C@@H](NC(C)(C)CC(C)=O)c1ccc(Cl)c(Oc2ccc(C)nc2)c1F.[HH].[HH].[HH].[HH]. The van der Waals surface area contributed by atoms with Gasteiger partial charge in [0.05, 0.1) is 11.2 Å². The van der Waals surface area contributed by atoms with Crippen molar-refractivity contribution >= 4 is 17.4 Å². The fourth-order valence-corrected chi connectivity index (χ4v) is 3.27. The van der Waals surface area contributed by atoms with Gasteiger partial charge in [-0.2, -0.15) is 0 Å². The zero-order valence-corrected chi connectivity index (χ0v) is 17.2. The number of pyridine rings is 1. The van der Waals surface area contributed by atoms with E-state index in [1.54, 1.807) is 31.2 Å². The number of hydrogen-bond donors (Lipinski definition) is 1. The Hall–Kier alpha value is -1.98. The third-order valence-corrected chi connectivity index (χ3v) is 4.52. The second-order valence-electron chi connectivity index (χ2n) is 7.38. The number of nitrogens with zero attached hydrogens (tertiary/aromatic N) is 1. The highest BCUT2D eigenvalue weighted by Crippen LogP contribution is 2.37. The van der Waals surface area contributed by atoms with E-state index in [-0.39, 0.29) is 28.3 Å². The molecule has 0 bridgehead atoms. The average molecular weight is 401 g/mol. The third-order valence-electron chi connectivity index (χ3n) is 4.22. The summed E-state index contributed by atoms with van der Waals surface area (Å²) in [6.45, 7) is 9.23. The van der Waals surface area contributed by atoms with Gasteiger partial charge in [-0.05, 0) is 52.3 Å². The Morgan fingerprint density at radius 3 is 2.63 bits per heavy atom. The molecule has 0 aliphatic heterocycles. The molecule has 0 saturated carbocycles. The first-order chi connectivity index (χ1) is 12.6. The molecular weight excluding hydrogens is 367 g/mol. The van der Waals surface area contributed by atoms with E-state index < -0.39 is 11.4 Å². The van der Waals surface area contributed by atoms with Crippen LogP contribution in [0.5, 0.6) is 11.5 Å². The quantitative estimate of drug-likeness (QED) is 0.531. The van der Waals surface area contributed by atoms with E-state index in [1.807, 2.05) is 27.7 Å². The molecule has 0 fully saturated rings. The highest BCUT2D eigenvalue weighted by molar-refractivity contribution is 6.32. The van der Waals surface area contributed by atoms with Crippen molar-refractivity contribution in [2.45, 2.75) is 59.0 Å². The summed E-state index contributed by atoms with van der Waals surface area (Å²) in [5, 5.41) is 3.57. The lowest BCUT2D eigenvalue weighted by molar-refractivity contribution is -0.118. The van der Waals surface area contributed by atoms with Crippen molar-refractivity contribution in [3.8, 4) is 11.5 Å². The number of carbonyl (C=O) groups is 1. The van der Waals surface area contributed by atoms with Crippen LogP contribution in [0.25, 0.3) is 0 Å². The minimum absolute atomic E-state index is 0. The standard InChI is InChI=1S/C21H26ClFN2O2.4H2/c1-6-18(25-21(4,5)11-14(3)26)16-9-10-17(22)20(19(16)23)27-15-8-7-13(2)24-12-15;;;;/h7-10,12,18,25H,6,11H2,1-5H3;4*1H/t18-;;;;/m1..../s1. The molecule has 1 N–H and O–H groups in total. The number of benzene rings is 1. The van der Waals surface area contributed by atoms with E-state index in [2.05, 4.69) is 10.3 Å². The first kappa shape index (κ1) is 21.3. The predicted octanol–water partition coefficient (Wildman–Crippen LogP) is 6.76. The number of nitrogens with one attached hydrogen (secondary N) is 1. The maximum atomic E-state index is 15.2. The van der Waals surface area contributed by atoms with Crippen molar-refractivity contribution in [1.29, 1.82) is 0 Å². The second kappa shape index (κ2) is 8.81. The van der Waals surface area contributed by atoms with Crippen molar-refractivity contribution in [2.75, 3.05) is 0 Å². The Morgan fingerprint density at radius 2 is 2.07 bits per heavy atom. The first-order valence-corrected chi connectivity index (χ1v) is 9.36. The van der Waals surface area contributed by atoms with Gasteiger partial charge in [0.25, 0.3) is 0 Å². The van der Waals surface area contributed by atoms with Crippen molar-refractivity contribution in [3.05, 3.63) is 52.6 Å². The summed E-state index contributed by atoms with van der Waals surface area (Å²) in [7, 11) is 0. The average Bonchev–Trinajstić information content (AvgIpc) is 2.57. The maximum absolute atomic E-state index is 15.2. The molecule has 0 spiro atoms. The predicted molar refractivity (Wildman–Crippen MR) is 114 cm³/mol. The van der Waals surface area contributed by atoms with Gasteiger partial charge in [-0.3, -0.25) is 9.78 Å². The summed E-state index contributed by atoms with van der Waals surface area (Å²) in [4.78, 5) is 15.7. The molecule has 1 heterocycles. The molecule has 1 aromatic carbocycles. The van der Waals surface area contributed by atoms with E-state index in [1.165, 1.54) is 6.20 Å². The Morgan fingerprint density at radius 1 is 1.37 bits per heavy atom. The zero-order valence-electron chi connectivity index (χ0n) is 16.4. The Kier molecular flexibility index (Phi) is 6.95. The second-order valence-corrected chi connectivity index (χ2v) is 7.79. The summed E-state index contributed by atoms with van der Waals surface area (Å²) in [6.07, 6.45) is 2.53. The van der Waals surface area contributed by atoms with E-state index >= 15 is 4.39 Å². The molecule has 1 atom stereocenters. The lowest BCUT2D eigenvalue weighted by Gasteiger charge is -2.31. The first-order valence-electron chi connectivity index (χ1n) is 8.98. The molecule has 0 amide bonds. The van der Waals surface area contributed by atoms with Crippen molar-refractivity contribution < 1.29 is 19.6 Å². The smallest absolute Gasteiger partial charge is 0.182 e. The van der Waals surface area contributed by atoms with Crippen LogP contribution in [0.1, 0.15) is 63.5 Å². The number of rotatable bonds is 8. The van der Waals surface area contributed by atoms with Crippen LogP contribution in [0, 0.1) is 12.7 Å². The summed E-state index contributed by atoms with van der Waals surface area (Å²) in [5.41, 5.74) is 0.833. The number of ketones is 1. The van der Waals surface area contributed by atoms with Crippen LogP contribution in [0.15, 0.2) is 30.5 Å². The lowest BCUT2D eigenvalue weighted by Crippen LogP contribution is -2.43. The third kappa shape index (κ3) is 5.75. The molecule has 1 aromatic heterocycles. The lowest BCUT2D eigenvalue weighted by atomic mass is 9.94. The van der Waals surface area contributed by atoms with E-state index in [0.29, 0.717) is 24.2 Å². The van der Waals surface area contributed by atoms with Gasteiger partial charge < -0.3 is 10.1 Å². The van der Waals surface area contributed by atoms with E-state index in [4.69, 9.17) is 16.3 Å². The maximum Gasteiger partial charge on any atom is 0.182 e. The van der Waals surface area contributed by atoms with Crippen LogP contribution in [0.4, 0.5) is 4.39 Å². The van der Waals surface area contributed by atoms with Gasteiger partial charge in [-0.25, -0.2) is 4.39 Å². The van der Waals surface area contributed by atoms with Crippen LogP contribution in [0.3, 0.4) is 0 Å². The van der Waals surface area contributed by atoms with Gasteiger partial charge in [0, 0.05) is 35.0 Å². The molecule has 0 aliphatic carbocycles. The van der Waals surface area contributed by atoms with Crippen molar-refractivity contribution in [1.82, 2.24) is 10.3 Å². The topological polar surface area (TPSA) is 51.2 Å². The molecule has 4 nitrogen and oxygen atoms in total. The van der Waals surface area contributed by atoms with Gasteiger partial charge in [-0.1, -0.05) is 24.6 Å². The monoisotopic (exact) mass is 400 g/mol. The number of carbonyl (C=O) groups excluding carboxylic acids is 1. The van der Waals surface area contributed by atoms with E-state index in [9.17, 15) is 4.79 Å². The van der Waals surface area contributed by atoms with Crippen molar-refractivity contribution in [3.63, 3.8) is 0 Å². The van der Waals surface area contributed by atoms with E-state index in [0.717, 1.165) is 5.69 Å². The number of ether oxygens (including phenoxy) is 1. The minimum Gasteiger partial charge on any atom is -0.451 e. The highest BCUT2D eigenvalue weighted by atomic mass is 35.5. The number of Topliss-reactive ketones (excluding diaryl/α,β-unsaturated/α-hetero) is 1. The van der Waals surface area contributed by atoms with Crippen LogP contribution >= 0.6 is 11.6 Å². The van der Waals surface area contributed by atoms with Gasteiger partial charge in [0.15, 0.2) is 11.6 Å². The summed E-state index contributed by atoms with van der Waals surface area (Å²) < 4.78 is 20.9. The van der Waals surface area contributed by atoms with Gasteiger partial charge >= 0.3 is 0 Å². The molecule has 2 rings (SSSR count). The molecule has 6 heteroatoms. The number of hydrogen-bond acceptors (Lipinski definition) is 4. The van der Waals surface area contributed by atoms with Gasteiger partial charge in [0.2, 0.25) is 0 Å². The largest absolute Gasteiger partial charge is 0.451 e. The Labute approximate surface area is 171 Å². The summed E-state index contributed by atoms with van der Waals surface area (Å²) in [5.74, 6) is -0.0446. The summed E-state index contributed by atoms with van der Waals surface area (Å²) >= 11 is 6.18.